The highest BCUT2D eigenvalue weighted by Gasteiger charge is 2.24. The third-order valence-electron chi connectivity index (χ3n) is 3.98. The lowest BCUT2D eigenvalue weighted by Crippen LogP contribution is -2.30. The van der Waals surface area contributed by atoms with Crippen LogP contribution in [0.1, 0.15) is 18.9 Å². The van der Waals surface area contributed by atoms with Gasteiger partial charge >= 0.3 is 0 Å². The molecule has 0 saturated carbocycles. The fourth-order valence-corrected chi connectivity index (χ4v) is 4.34. The number of hydrogen-bond donors (Lipinski definition) is 0. The van der Waals surface area contributed by atoms with Crippen molar-refractivity contribution in [2.45, 2.75) is 24.8 Å². The molecule has 0 unspecified atom stereocenters. The fraction of sp³-hybridized carbons (Fsp3) is 0.278. The molecule has 1 aliphatic rings. The minimum absolute atomic E-state index is 0.308. The van der Waals surface area contributed by atoms with Gasteiger partial charge in [-0.1, -0.05) is 23.9 Å². The van der Waals surface area contributed by atoms with Crippen LogP contribution in [0, 0.1) is 0 Å². The molecule has 0 radical (unpaired) electrons. The van der Waals surface area contributed by atoms with E-state index in [0.29, 0.717) is 13.0 Å². The van der Waals surface area contributed by atoms with E-state index in [1.54, 1.807) is 11.8 Å². The largest absolute Gasteiger partial charge is 0.748 e. The van der Waals surface area contributed by atoms with Crippen molar-refractivity contribution in [3.63, 3.8) is 0 Å². The van der Waals surface area contributed by atoms with Crippen molar-refractivity contribution in [1.82, 2.24) is 0 Å². The first-order chi connectivity index (χ1) is 12.0. The molecule has 0 saturated heterocycles. The molecule has 1 aliphatic heterocycles. The summed E-state index contributed by atoms with van der Waals surface area (Å²) in [6, 6.07) is 12.1. The second-order valence-corrected chi connectivity index (χ2v) is 8.37. The average molecular weight is 377 g/mol. The molecule has 0 bridgehead atoms. The number of anilines is 1. The molecule has 1 aromatic heterocycles. The zero-order chi connectivity index (χ0) is 17.9. The molecular weight excluding hydrogens is 356 g/mol. The maximum atomic E-state index is 10.9. The van der Waals surface area contributed by atoms with Crippen LogP contribution in [0.3, 0.4) is 0 Å². The molecule has 2 aromatic rings. The van der Waals surface area contributed by atoms with Crippen molar-refractivity contribution in [2.75, 3.05) is 17.2 Å². The lowest BCUT2D eigenvalue weighted by atomic mass is 10.2. The number of aromatic nitrogens is 1. The quantitative estimate of drug-likeness (QED) is 0.573. The van der Waals surface area contributed by atoms with Crippen molar-refractivity contribution in [1.29, 1.82) is 0 Å². The van der Waals surface area contributed by atoms with Crippen molar-refractivity contribution in [3.8, 4) is 0 Å². The minimum Gasteiger partial charge on any atom is -0.748 e. The Bertz CT molecular complexity index is 877. The monoisotopic (exact) mass is 376 g/mol. The summed E-state index contributed by atoms with van der Waals surface area (Å²) in [5.74, 6) is -0.342. The highest BCUT2D eigenvalue weighted by Crippen LogP contribution is 2.46. The number of hydrogen-bond acceptors (Lipinski definition) is 5. The van der Waals surface area contributed by atoms with Crippen LogP contribution in [0.5, 0.6) is 0 Å². The first-order valence-corrected chi connectivity index (χ1v) is 10.5. The molecule has 3 rings (SSSR count). The lowest BCUT2D eigenvalue weighted by molar-refractivity contribution is -0.693. The van der Waals surface area contributed by atoms with E-state index in [4.69, 9.17) is 0 Å². The number of thioether (sulfide) groups is 1. The summed E-state index contributed by atoms with van der Waals surface area (Å²) >= 11 is 1.66. The van der Waals surface area contributed by atoms with Gasteiger partial charge in [0, 0.05) is 29.3 Å². The molecule has 0 spiro atoms. The molecule has 132 valence electrons. The molecular formula is C18H20N2O3S2. The van der Waals surface area contributed by atoms with Crippen molar-refractivity contribution < 1.29 is 17.5 Å². The molecule has 2 heterocycles. The van der Waals surface area contributed by atoms with Crippen LogP contribution in [0.15, 0.2) is 58.7 Å². The first kappa shape index (κ1) is 18.0. The zero-order valence-electron chi connectivity index (χ0n) is 14.0. The second kappa shape index (κ2) is 7.59. The molecule has 0 aliphatic carbocycles. The Labute approximate surface area is 152 Å². The van der Waals surface area contributed by atoms with E-state index in [2.05, 4.69) is 34.6 Å². The molecule has 5 nitrogen and oxygen atoms in total. The van der Waals surface area contributed by atoms with Crippen molar-refractivity contribution in [3.05, 3.63) is 59.4 Å². The maximum Gasteiger partial charge on any atom is 0.169 e. The average Bonchev–Trinajstić information content (AvgIpc) is 2.92. The topological polar surface area (TPSA) is 64.3 Å². The van der Waals surface area contributed by atoms with E-state index in [1.165, 1.54) is 0 Å². The van der Waals surface area contributed by atoms with E-state index in [9.17, 15) is 13.0 Å². The Morgan fingerprint density at radius 3 is 2.60 bits per heavy atom. The van der Waals surface area contributed by atoms with Gasteiger partial charge in [-0.3, -0.25) is 0 Å². The van der Waals surface area contributed by atoms with Crippen LogP contribution in [0.2, 0.25) is 0 Å². The van der Waals surface area contributed by atoms with Gasteiger partial charge in [0.1, 0.15) is 6.54 Å². The van der Waals surface area contributed by atoms with Gasteiger partial charge < -0.3 is 9.45 Å². The smallest absolute Gasteiger partial charge is 0.169 e. The van der Waals surface area contributed by atoms with Gasteiger partial charge in [0.05, 0.1) is 20.8 Å². The summed E-state index contributed by atoms with van der Waals surface area (Å²) in [5.41, 5.74) is 2.14. The summed E-state index contributed by atoms with van der Waals surface area (Å²) in [5, 5.41) is 1.04. The van der Waals surface area contributed by atoms with Gasteiger partial charge in [-0.25, -0.2) is 13.0 Å². The van der Waals surface area contributed by atoms with Gasteiger partial charge in [0.25, 0.3) is 0 Å². The Morgan fingerprint density at radius 2 is 1.92 bits per heavy atom. The van der Waals surface area contributed by atoms with Crippen molar-refractivity contribution in [2.24, 2.45) is 0 Å². The van der Waals surface area contributed by atoms with E-state index >= 15 is 0 Å². The SMILES string of the molecule is CC[n+]1ccc(C=C2Sc3ccccc3N2CCCS(=O)(=O)[O-])cc1. The molecule has 0 N–H and O–H groups in total. The maximum absolute atomic E-state index is 10.9. The number of benzene rings is 1. The molecule has 25 heavy (non-hydrogen) atoms. The van der Waals surface area contributed by atoms with Gasteiger partial charge in [-0.2, -0.15) is 0 Å². The summed E-state index contributed by atoms with van der Waals surface area (Å²) < 4.78 is 34.8. The van der Waals surface area contributed by atoms with Crippen molar-refractivity contribution >= 4 is 33.6 Å². The fourth-order valence-electron chi connectivity index (χ4n) is 2.71. The number of aryl methyl sites for hydroxylation is 1. The lowest BCUT2D eigenvalue weighted by Gasteiger charge is -2.21. The number of nitrogens with zero attached hydrogens (tertiary/aromatic N) is 2. The van der Waals surface area contributed by atoms with E-state index in [-0.39, 0.29) is 5.75 Å². The summed E-state index contributed by atoms with van der Waals surface area (Å²) in [6.45, 7) is 3.51. The molecule has 0 fully saturated rings. The Hall–Kier alpha value is -1.83. The highest BCUT2D eigenvalue weighted by atomic mass is 32.2. The summed E-state index contributed by atoms with van der Waals surface area (Å²) in [6.07, 6.45) is 6.47. The molecule has 0 atom stereocenters. The number of fused-ring (bicyclic) bond motifs is 1. The van der Waals surface area contributed by atoms with Crippen LogP contribution < -0.4 is 9.47 Å². The van der Waals surface area contributed by atoms with Crippen LogP contribution in [0.25, 0.3) is 6.08 Å². The van der Waals surface area contributed by atoms with Crippen LogP contribution >= 0.6 is 11.8 Å². The Morgan fingerprint density at radius 1 is 1.20 bits per heavy atom. The standard InChI is InChI=1S/C18H20N2O3S2/c1-2-19-11-8-15(9-12-19)14-18-20(10-5-13-25(21,22)23)16-6-3-4-7-17(16)24-18/h3-4,6-9,11-12,14H,2,5,10,13H2,1H3. The first-order valence-electron chi connectivity index (χ1n) is 8.15. The third-order valence-corrected chi connectivity index (χ3v) is 5.89. The number of pyridine rings is 1. The second-order valence-electron chi connectivity index (χ2n) is 5.78. The normalized spacial score (nSPS) is 15.6. The predicted octanol–water partition coefficient (Wildman–Crippen LogP) is 2.84. The van der Waals surface area contributed by atoms with Gasteiger partial charge in [0.15, 0.2) is 12.4 Å². The zero-order valence-corrected chi connectivity index (χ0v) is 15.6. The van der Waals surface area contributed by atoms with E-state index in [0.717, 1.165) is 27.7 Å². The minimum atomic E-state index is -4.18. The Balaban J connectivity index is 1.84. The summed E-state index contributed by atoms with van der Waals surface area (Å²) in [4.78, 5) is 3.23. The molecule has 1 aromatic carbocycles. The van der Waals surface area contributed by atoms with Crippen LogP contribution in [0.4, 0.5) is 5.69 Å². The molecule has 0 amide bonds. The van der Waals surface area contributed by atoms with Crippen LogP contribution in [-0.4, -0.2) is 25.3 Å². The van der Waals surface area contributed by atoms with Crippen LogP contribution in [-0.2, 0) is 16.7 Å². The number of rotatable bonds is 6. The van der Waals surface area contributed by atoms with E-state index < -0.39 is 10.1 Å². The van der Waals surface area contributed by atoms with E-state index in [1.807, 2.05) is 36.7 Å². The highest BCUT2D eigenvalue weighted by molar-refractivity contribution is 8.03. The predicted molar refractivity (Wildman–Crippen MR) is 99.1 cm³/mol. The van der Waals surface area contributed by atoms with Gasteiger partial charge in [-0.15, -0.1) is 0 Å². The Kier molecular flexibility index (Phi) is 5.46. The van der Waals surface area contributed by atoms with Gasteiger partial charge in [-0.05, 0) is 37.1 Å². The van der Waals surface area contributed by atoms with Gasteiger partial charge in [0.2, 0.25) is 0 Å². The summed E-state index contributed by atoms with van der Waals surface area (Å²) in [7, 11) is -4.18. The molecule has 7 heteroatoms. The third kappa shape index (κ3) is 4.62. The number of para-hydroxylation sites is 1.